The summed E-state index contributed by atoms with van der Waals surface area (Å²) in [7, 11) is 0. The Balaban J connectivity index is 2.06. The number of aromatic nitrogens is 3. The van der Waals surface area contributed by atoms with Crippen molar-refractivity contribution in [2.75, 3.05) is 0 Å². The van der Waals surface area contributed by atoms with Gasteiger partial charge in [0.05, 0.1) is 0 Å². The molecule has 0 saturated heterocycles. The average Bonchev–Trinajstić information content (AvgIpc) is 2.82. The van der Waals surface area contributed by atoms with Crippen LogP contribution in [-0.2, 0) is 13.0 Å². The van der Waals surface area contributed by atoms with Gasteiger partial charge in [-0.2, -0.15) is 0 Å². The lowest BCUT2D eigenvalue weighted by Gasteiger charge is -2.05. The Kier molecular flexibility index (Phi) is 2.89. The second kappa shape index (κ2) is 4.70. The maximum atomic E-state index is 9.49. The number of hydrogen-bond donors (Lipinski definition) is 2. The first kappa shape index (κ1) is 11.7. The van der Waals surface area contributed by atoms with Crippen LogP contribution < -0.4 is 5.73 Å². The number of nitrogens with zero attached hydrogens (tertiary/aromatic N) is 3. The number of benzene rings is 1. The van der Waals surface area contributed by atoms with E-state index in [1.165, 1.54) is 0 Å². The Morgan fingerprint density at radius 1 is 1.11 bits per heavy atom. The highest BCUT2D eigenvalue weighted by Crippen LogP contribution is 2.16. The topological polar surface area (TPSA) is 76.4 Å². The molecule has 5 heteroatoms. The number of phenolic OH excluding ortho intramolecular Hbond substituents is 1. The molecular weight excluding hydrogens is 240 g/mol. The van der Waals surface area contributed by atoms with E-state index in [1.54, 1.807) is 12.1 Å². The molecular formula is C14H14N4O. The molecule has 3 rings (SSSR count). The number of nitrogens with two attached hydrogens (primary N) is 1. The van der Waals surface area contributed by atoms with Crippen LogP contribution in [0, 0.1) is 0 Å². The third-order valence-corrected chi connectivity index (χ3v) is 3.06. The van der Waals surface area contributed by atoms with E-state index in [0.29, 0.717) is 13.0 Å². The molecule has 0 aliphatic heterocycles. The summed E-state index contributed by atoms with van der Waals surface area (Å²) in [6, 6.07) is 12.9. The lowest BCUT2D eigenvalue weighted by Crippen LogP contribution is -2.06. The minimum Gasteiger partial charge on any atom is -0.508 e. The number of aromatic hydroxyl groups is 1. The Labute approximate surface area is 110 Å². The zero-order valence-electron chi connectivity index (χ0n) is 10.3. The first-order valence-electron chi connectivity index (χ1n) is 6.08. The van der Waals surface area contributed by atoms with Gasteiger partial charge in [-0.3, -0.25) is 4.40 Å². The fraction of sp³-hybridized carbons (Fsp3) is 0.143. The van der Waals surface area contributed by atoms with Gasteiger partial charge in [-0.25, -0.2) is 0 Å². The standard InChI is InChI=1S/C14H14N4O/c15-9-11-4-2-6-13-16-17-14(18(11)13)8-10-3-1-5-12(19)7-10/h1-7,19H,8-9,15H2. The molecule has 0 aliphatic rings. The summed E-state index contributed by atoms with van der Waals surface area (Å²) in [5.41, 5.74) is 8.49. The SMILES string of the molecule is NCc1cccc2nnc(Cc3cccc(O)c3)n12. The molecule has 1 aromatic carbocycles. The second-order valence-corrected chi connectivity index (χ2v) is 4.38. The molecule has 5 nitrogen and oxygen atoms in total. The summed E-state index contributed by atoms with van der Waals surface area (Å²) >= 11 is 0. The smallest absolute Gasteiger partial charge is 0.161 e. The fourth-order valence-corrected chi connectivity index (χ4v) is 2.19. The zero-order chi connectivity index (χ0) is 13.2. The molecule has 0 aliphatic carbocycles. The second-order valence-electron chi connectivity index (χ2n) is 4.38. The van der Waals surface area contributed by atoms with Crippen molar-refractivity contribution < 1.29 is 5.11 Å². The number of pyridine rings is 1. The van der Waals surface area contributed by atoms with Crippen molar-refractivity contribution in [3.05, 3.63) is 59.5 Å². The van der Waals surface area contributed by atoms with Gasteiger partial charge in [-0.1, -0.05) is 18.2 Å². The lowest BCUT2D eigenvalue weighted by molar-refractivity contribution is 0.474. The van der Waals surface area contributed by atoms with Crippen molar-refractivity contribution >= 4 is 5.65 Å². The van der Waals surface area contributed by atoms with Gasteiger partial charge in [0.25, 0.3) is 0 Å². The van der Waals surface area contributed by atoms with Gasteiger partial charge in [-0.05, 0) is 29.8 Å². The van der Waals surface area contributed by atoms with Crippen molar-refractivity contribution in [3.63, 3.8) is 0 Å². The summed E-state index contributed by atoms with van der Waals surface area (Å²) < 4.78 is 1.96. The highest BCUT2D eigenvalue weighted by atomic mass is 16.3. The van der Waals surface area contributed by atoms with Crippen molar-refractivity contribution in [3.8, 4) is 5.75 Å². The molecule has 0 unspecified atom stereocenters. The molecule has 0 fully saturated rings. The van der Waals surface area contributed by atoms with Crippen molar-refractivity contribution in [1.82, 2.24) is 14.6 Å². The predicted molar refractivity (Wildman–Crippen MR) is 71.8 cm³/mol. The molecule has 3 aromatic rings. The molecule has 0 amide bonds. The largest absolute Gasteiger partial charge is 0.508 e. The molecule has 0 atom stereocenters. The Morgan fingerprint density at radius 3 is 2.74 bits per heavy atom. The molecule has 2 heterocycles. The van der Waals surface area contributed by atoms with Gasteiger partial charge in [0.2, 0.25) is 0 Å². The summed E-state index contributed by atoms with van der Waals surface area (Å²) in [4.78, 5) is 0. The van der Waals surface area contributed by atoms with Crippen LogP contribution in [0.25, 0.3) is 5.65 Å². The van der Waals surface area contributed by atoms with E-state index in [-0.39, 0.29) is 5.75 Å². The summed E-state index contributed by atoms with van der Waals surface area (Å²) in [6.45, 7) is 0.433. The van der Waals surface area contributed by atoms with Crippen LogP contribution in [0.5, 0.6) is 5.75 Å². The van der Waals surface area contributed by atoms with Crippen molar-refractivity contribution in [2.24, 2.45) is 5.73 Å². The molecule has 0 saturated carbocycles. The Morgan fingerprint density at radius 2 is 1.95 bits per heavy atom. The number of hydrogen-bond acceptors (Lipinski definition) is 4. The van der Waals surface area contributed by atoms with E-state index < -0.39 is 0 Å². The third kappa shape index (κ3) is 2.15. The number of fused-ring (bicyclic) bond motifs is 1. The minimum absolute atomic E-state index is 0.255. The average molecular weight is 254 g/mol. The van der Waals surface area contributed by atoms with Crippen LogP contribution in [0.1, 0.15) is 17.1 Å². The normalized spacial score (nSPS) is 11.0. The van der Waals surface area contributed by atoms with Gasteiger partial charge in [-0.15, -0.1) is 10.2 Å². The van der Waals surface area contributed by atoms with E-state index in [1.807, 2.05) is 34.7 Å². The quantitative estimate of drug-likeness (QED) is 0.742. The number of phenols is 1. The highest BCUT2D eigenvalue weighted by molar-refractivity contribution is 5.41. The first-order valence-corrected chi connectivity index (χ1v) is 6.08. The molecule has 2 aromatic heterocycles. The third-order valence-electron chi connectivity index (χ3n) is 3.06. The summed E-state index contributed by atoms with van der Waals surface area (Å²) in [5, 5.41) is 17.8. The Bertz CT molecular complexity index is 720. The molecule has 0 spiro atoms. The molecule has 19 heavy (non-hydrogen) atoms. The highest BCUT2D eigenvalue weighted by Gasteiger charge is 2.09. The van der Waals surface area contributed by atoms with Gasteiger partial charge in [0, 0.05) is 18.7 Å². The molecule has 0 bridgehead atoms. The molecule has 3 N–H and O–H groups in total. The Hall–Kier alpha value is -2.40. The molecule has 96 valence electrons. The maximum Gasteiger partial charge on any atom is 0.161 e. The van der Waals surface area contributed by atoms with E-state index in [4.69, 9.17) is 5.73 Å². The molecule has 0 radical (unpaired) electrons. The zero-order valence-corrected chi connectivity index (χ0v) is 10.3. The van der Waals surface area contributed by atoms with Crippen LogP contribution in [0.15, 0.2) is 42.5 Å². The summed E-state index contributed by atoms with van der Waals surface area (Å²) in [5.74, 6) is 1.08. The monoisotopic (exact) mass is 254 g/mol. The van der Waals surface area contributed by atoms with Gasteiger partial charge in [0.1, 0.15) is 11.6 Å². The van der Waals surface area contributed by atoms with Crippen LogP contribution in [0.4, 0.5) is 0 Å². The van der Waals surface area contributed by atoms with E-state index in [0.717, 1.165) is 22.7 Å². The van der Waals surface area contributed by atoms with Gasteiger partial charge >= 0.3 is 0 Å². The van der Waals surface area contributed by atoms with Crippen molar-refractivity contribution in [2.45, 2.75) is 13.0 Å². The van der Waals surface area contributed by atoms with E-state index in [9.17, 15) is 5.11 Å². The van der Waals surface area contributed by atoms with Crippen LogP contribution in [0.3, 0.4) is 0 Å². The van der Waals surface area contributed by atoms with Gasteiger partial charge < -0.3 is 10.8 Å². The minimum atomic E-state index is 0.255. The van der Waals surface area contributed by atoms with Crippen LogP contribution in [0.2, 0.25) is 0 Å². The first-order chi connectivity index (χ1) is 9.28. The fourth-order valence-electron chi connectivity index (χ4n) is 2.19. The van der Waals surface area contributed by atoms with E-state index >= 15 is 0 Å². The number of rotatable bonds is 3. The predicted octanol–water partition coefficient (Wildman–Crippen LogP) is 1.48. The maximum absolute atomic E-state index is 9.49. The van der Waals surface area contributed by atoms with Gasteiger partial charge in [0.15, 0.2) is 5.65 Å². The van der Waals surface area contributed by atoms with Crippen LogP contribution in [-0.4, -0.2) is 19.7 Å². The summed E-state index contributed by atoms with van der Waals surface area (Å²) in [6.07, 6.45) is 0.604. The van der Waals surface area contributed by atoms with Crippen LogP contribution >= 0.6 is 0 Å². The lowest BCUT2D eigenvalue weighted by atomic mass is 10.1. The van der Waals surface area contributed by atoms with E-state index in [2.05, 4.69) is 10.2 Å². The van der Waals surface area contributed by atoms with Crippen molar-refractivity contribution in [1.29, 1.82) is 0 Å².